The minimum atomic E-state index is -0.187. The van der Waals surface area contributed by atoms with Gasteiger partial charge in [-0.3, -0.25) is 4.99 Å². The number of fused-ring (bicyclic) bond motifs is 2. The van der Waals surface area contributed by atoms with Gasteiger partial charge in [-0.15, -0.1) is 0 Å². The molecular formula is C19H26FN3O. The first kappa shape index (κ1) is 15.9. The van der Waals surface area contributed by atoms with Crippen molar-refractivity contribution in [1.82, 2.24) is 10.6 Å². The number of nitrogens with zero attached hydrogens (tertiary/aromatic N) is 1. The van der Waals surface area contributed by atoms with Gasteiger partial charge in [0.25, 0.3) is 0 Å². The summed E-state index contributed by atoms with van der Waals surface area (Å²) in [6.45, 7) is 1.70. The van der Waals surface area contributed by atoms with E-state index in [2.05, 4.69) is 15.6 Å². The van der Waals surface area contributed by atoms with Crippen molar-refractivity contribution in [1.29, 1.82) is 0 Å². The van der Waals surface area contributed by atoms with E-state index in [1.807, 2.05) is 19.2 Å². The predicted molar refractivity (Wildman–Crippen MR) is 92.5 cm³/mol. The quantitative estimate of drug-likeness (QED) is 0.658. The van der Waals surface area contributed by atoms with Crippen LogP contribution in [0.5, 0.6) is 0 Å². The van der Waals surface area contributed by atoms with Crippen molar-refractivity contribution in [3.63, 3.8) is 0 Å². The van der Waals surface area contributed by atoms with E-state index in [-0.39, 0.29) is 5.82 Å². The number of aliphatic imine (C=N–C) groups is 1. The maximum Gasteiger partial charge on any atom is 0.191 e. The van der Waals surface area contributed by atoms with Crippen LogP contribution in [0.4, 0.5) is 4.39 Å². The highest BCUT2D eigenvalue weighted by atomic mass is 19.1. The number of rotatable bonds is 4. The van der Waals surface area contributed by atoms with Gasteiger partial charge in [-0.1, -0.05) is 18.6 Å². The zero-order valence-corrected chi connectivity index (χ0v) is 14.2. The van der Waals surface area contributed by atoms with Gasteiger partial charge in [0.1, 0.15) is 5.82 Å². The molecule has 1 heterocycles. The molecule has 3 unspecified atom stereocenters. The Morgan fingerprint density at radius 2 is 2.12 bits per heavy atom. The predicted octanol–water partition coefficient (Wildman–Crippen LogP) is 2.49. The molecule has 0 bridgehead atoms. The SMILES string of the molecule is CN=C(NCCc1ccc(F)cc1)NC1C2CCOC2C12CCC2. The van der Waals surface area contributed by atoms with Gasteiger partial charge in [0, 0.05) is 37.6 Å². The molecule has 4 rings (SSSR count). The highest BCUT2D eigenvalue weighted by molar-refractivity contribution is 5.80. The smallest absolute Gasteiger partial charge is 0.191 e. The third-order valence-electron chi connectivity index (χ3n) is 6.17. The van der Waals surface area contributed by atoms with Crippen molar-refractivity contribution in [2.45, 2.75) is 44.2 Å². The molecule has 2 aliphatic carbocycles. The van der Waals surface area contributed by atoms with E-state index in [9.17, 15) is 4.39 Å². The van der Waals surface area contributed by atoms with Crippen LogP contribution in [0.15, 0.2) is 29.3 Å². The zero-order chi connectivity index (χ0) is 16.6. The van der Waals surface area contributed by atoms with Gasteiger partial charge in [-0.05, 0) is 43.4 Å². The molecule has 1 saturated heterocycles. The molecular weight excluding hydrogens is 305 g/mol. The van der Waals surface area contributed by atoms with Crippen LogP contribution in [0.1, 0.15) is 31.2 Å². The van der Waals surface area contributed by atoms with Gasteiger partial charge in [0.15, 0.2) is 5.96 Å². The molecule has 2 saturated carbocycles. The Hall–Kier alpha value is -1.62. The number of ether oxygens (including phenoxy) is 1. The summed E-state index contributed by atoms with van der Waals surface area (Å²) < 4.78 is 18.9. The normalized spacial score (nSPS) is 30.4. The molecule has 1 aromatic carbocycles. The fraction of sp³-hybridized carbons (Fsp3) is 0.632. The number of benzene rings is 1. The minimum Gasteiger partial charge on any atom is -0.377 e. The topological polar surface area (TPSA) is 45.7 Å². The Bertz CT molecular complexity index is 612. The van der Waals surface area contributed by atoms with Crippen LogP contribution in [0, 0.1) is 17.2 Å². The molecule has 24 heavy (non-hydrogen) atoms. The van der Waals surface area contributed by atoms with Crippen LogP contribution in [-0.2, 0) is 11.2 Å². The Labute approximate surface area is 142 Å². The summed E-state index contributed by atoms with van der Waals surface area (Å²) in [4.78, 5) is 4.39. The number of nitrogens with one attached hydrogen (secondary N) is 2. The first-order valence-corrected chi connectivity index (χ1v) is 9.06. The lowest BCUT2D eigenvalue weighted by atomic mass is 9.46. The summed E-state index contributed by atoms with van der Waals surface area (Å²) in [7, 11) is 1.82. The number of hydrogen-bond donors (Lipinski definition) is 2. The van der Waals surface area contributed by atoms with E-state index in [0.29, 0.717) is 23.5 Å². The highest BCUT2D eigenvalue weighted by Gasteiger charge is 2.66. The molecule has 1 aliphatic heterocycles. The van der Waals surface area contributed by atoms with Crippen molar-refractivity contribution in [3.05, 3.63) is 35.6 Å². The standard InChI is InChI=1S/C19H26FN3O/c1-21-18(22-11-7-13-3-5-14(20)6-4-13)23-16-15-8-12-24-17(15)19(16)9-2-10-19/h3-6,15-17H,2,7-12H2,1H3,(H2,21,22,23). The number of guanidine groups is 1. The van der Waals surface area contributed by atoms with Gasteiger partial charge in [0.05, 0.1) is 6.10 Å². The lowest BCUT2D eigenvalue weighted by Crippen LogP contribution is -2.72. The highest BCUT2D eigenvalue weighted by Crippen LogP contribution is 2.62. The van der Waals surface area contributed by atoms with E-state index in [0.717, 1.165) is 37.5 Å². The van der Waals surface area contributed by atoms with Crippen LogP contribution in [0.25, 0.3) is 0 Å². The number of halogens is 1. The summed E-state index contributed by atoms with van der Waals surface area (Å²) in [5.74, 6) is 1.33. The lowest BCUT2D eigenvalue weighted by molar-refractivity contribution is -0.171. The lowest BCUT2D eigenvalue weighted by Gasteiger charge is -2.63. The van der Waals surface area contributed by atoms with Gasteiger partial charge >= 0.3 is 0 Å². The Balaban J connectivity index is 1.31. The van der Waals surface area contributed by atoms with Gasteiger partial charge in [-0.25, -0.2) is 4.39 Å². The molecule has 4 nitrogen and oxygen atoms in total. The average Bonchev–Trinajstić information content (AvgIpc) is 2.96. The molecule has 1 aromatic rings. The fourth-order valence-corrected chi connectivity index (χ4v) is 4.77. The molecule has 1 spiro atoms. The molecule has 5 heteroatoms. The molecule has 3 fully saturated rings. The van der Waals surface area contributed by atoms with Crippen molar-refractivity contribution in [2.24, 2.45) is 16.3 Å². The maximum absolute atomic E-state index is 12.9. The minimum absolute atomic E-state index is 0.187. The Morgan fingerprint density at radius 1 is 1.33 bits per heavy atom. The second-order valence-electron chi connectivity index (χ2n) is 7.33. The first-order valence-electron chi connectivity index (χ1n) is 9.06. The van der Waals surface area contributed by atoms with Crippen molar-refractivity contribution in [3.8, 4) is 0 Å². The third kappa shape index (κ3) is 2.59. The van der Waals surface area contributed by atoms with E-state index < -0.39 is 0 Å². The van der Waals surface area contributed by atoms with Crippen LogP contribution in [0.3, 0.4) is 0 Å². The Kier molecular flexibility index (Phi) is 4.21. The summed E-state index contributed by atoms with van der Waals surface area (Å²) in [6.07, 6.45) is 6.36. The maximum atomic E-state index is 12.9. The largest absolute Gasteiger partial charge is 0.377 e. The summed E-state index contributed by atoms with van der Waals surface area (Å²) in [6, 6.07) is 7.19. The summed E-state index contributed by atoms with van der Waals surface area (Å²) in [5.41, 5.74) is 1.48. The summed E-state index contributed by atoms with van der Waals surface area (Å²) in [5, 5.41) is 7.06. The molecule has 0 radical (unpaired) electrons. The second kappa shape index (κ2) is 6.36. The average molecular weight is 331 g/mol. The van der Waals surface area contributed by atoms with E-state index >= 15 is 0 Å². The molecule has 0 amide bonds. The molecule has 3 aliphatic rings. The molecule has 3 atom stereocenters. The Morgan fingerprint density at radius 3 is 2.79 bits per heavy atom. The van der Waals surface area contributed by atoms with Gasteiger partial charge in [0.2, 0.25) is 0 Å². The van der Waals surface area contributed by atoms with Crippen LogP contribution in [-0.4, -0.2) is 38.3 Å². The molecule has 130 valence electrons. The van der Waals surface area contributed by atoms with Gasteiger partial charge in [-0.2, -0.15) is 0 Å². The van der Waals surface area contributed by atoms with Crippen LogP contribution in [0.2, 0.25) is 0 Å². The van der Waals surface area contributed by atoms with Crippen LogP contribution >= 0.6 is 0 Å². The van der Waals surface area contributed by atoms with Gasteiger partial charge < -0.3 is 15.4 Å². The monoisotopic (exact) mass is 331 g/mol. The van der Waals surface area contributed by atoms with Crippen molar-refractivity contribution in [2.75, 3.05) is 20.2 Å². The molecule has 0 aromatic heterocycles. The van der Waals surface area contributed by atoms with E-state index in [1.54, 1.807) is 0 Å². The summed E-state index contributed by atoms with van der Waals surface area (Å²) >= 11 is 0. The van der Waals surface area contributed by atoms with Crippen molar-refractivity contribution >= 4 is 5.96 Å². The number of hydrogen-bond acceptors (Lipinski definition) is 2. The third-order valence-corrected chi connectivity index (χ3v) is 6.17. The van der Waals surface area contributed by atoms with Crippen molar-refractivity contribution < 1.29 is 9.13 Å². The van der Waals surface area contributed by atoms with E-state index in [1.165, 1.54) is 31.4 Å². The fourth-order valence-electron chi connectivity index (χ4n) is 4.77. The zero-order valence-electron chi connectivity index (χ0n) is 14.2. The first-order chi connectivity index (χ1) is 11.7. The second-order valence-corrected chi connectivity index (χ2v) is 7.33. The van der Waals surface area contributed by atoms with E-state index in [4.69, 9.17) is 4.74 Å². The molecule has 2 N–H and O–H groups in total. The van der Waals surface area contributed by atoms with Crippen LogP contribution < -0.4 is 10.6 Å².